The SMILES string of the molecule is O=c1oc2ccccc2n1CCCI. The molecule has 0 aliphatic carbocycles. The lowest BCUT2D eigenvalue weighted by atomic mass is 10.3. The summed E-state index contributed by atoms with van der Waals surface area (Å²) in [7, 11) is 0. The fourth-order valence-corrected chi connectivity index (χ4v) is 1.78. The van der Waals surface area contributed by atoms with Gasteiger partial charge in [0.25, 0.3) is 0 Å². The van der Waals surface area contributed by atoms with Gasteiger partial charge >= 0.3 is 5.76 Å². The predicted octanol–water partition coefficient (Wildman–Crippen LogP) is 2.42. The number of nitrogens with zero attached hydrogens (tertiary/aromatic N) is 1. The first-order chi connectivity index (χ1) is 6.83. The minimum Gasteiger partial charge on any atom is -0.408 e. The zero-order chi connectivity index (χ0) is 9.97. The number of fused-ring (bicyclic) bond motifs is 1. The highest BCUT2D eigenvalue weighted by molar-refractivity contribution is 14.1. The Hall–Kier alpha value is -0.780. The number of halogens is 1. The van der Waals surface area contributed by atoms with E-state index >= 15 is 0 Å². The van der Waals surface area contributed by atoms with E-state index in [2.05, 4.69) is 22.6 Å². The summed E-state index contributed by atoms with van der Waals surface area (Å²) < 4.78 is 7.83. The van der Waals surface area contributed by atoms with Gasteiger partial charge in [0.2, 0.25) is 0 Å². The van der Waals surface area contributed by atoms with E-state index in [1.165, 1.54) is 0 Å². The Balaban J connectivity index is 2.51. The fourth-order valence-electron chi connectivity index (χ4n) is 1.44. The zero-order valence-corrected chi connectivity index (χ0v) is 9.73. The molecule has 0 aliphatic rings. The molecular formula is C10H10INO2. The molecule has 1 heterocycles. The molecule has 0 bridgehead atoms. The van der Waals surface area contributed by atoms with Crippen LogP contribution >= 0.6 is 22.6 Å². The molecule has 14 heavy (non-hydrogen) atoms. The van der Waals surface area contributed by atoms with Crippen LogP contribution in [0.25, 0.3) is 11.1 Å². The molecule has 2 rings (SSSR count). The second-order valence-electron chi connectivity index (χ2n) is 3.03. The number of aryl methyl sites for hydroxylation is 1. The highest BCUT2D eigenvalue weighted by Gasteiger charge is 2.06. The number of benzene rings is 1. The molecule has 1 aromatic carbocycles. The molecule has 74 valence electrons. The average Bonchev–Trinajstić information content (AvgIpc) is 2.51. The molecule has 0 amide bonds. The van der Waals surface area contributed by atoms with Gasteiger partial charge < -0.3 is 4.42 Å². The third kappa shape index (κ3) is 1.70. The van der Waals surface area contributed by atoms with Gasteiger partial charge in [-0.15, -0.1) is 0 Å². The molecule has 0 saturated heterocycles. The van der Waals surface area contributed by atoms with Crippen molar-refractivity contribution < 1.29 is 4.42 Å². The van der Waals surface area contributed by atoms with Gasteiger partial charge in [-0.3, -0.25) is 4.57 Å². The number of para-hydroxylation sites is 2. The lowest BCUT2D eigenvalue weighted by Gasteiger charge is -1.98. The molecule has 0 spiro atoms. The molecule has 0 N–H and O–H groups in total. The van der Waals surface area contributed by atoms with Crippen molar-refractivity contribution in [3.63, 3.8) is 0 Å². The molecular weight excluding hydrogens is 293 g/mol. The van der Waals surface area contributed by atoms with Crippen LogP contribution in [0.2, 0.25) is 0 Å². The topological polar surface area (TPSA) is 35.1 Å². The standard InChI is InChI=1S/C10H10INO2/c11-6-3-7-12-8-4-1-2-5-9(8)14-10(12)13/h1-2,4-5H,3,6-7H2. The molecule has 0 fully saturated rings. The van der Waals surface area contributed by atoms with Crippen molar-refractivity contribution in [1.29, 1.82) is 0 Å². The Morgan fingerprint density at radius 1 is 1.36 bits per heavy atom. The Morgan fingerprint density at radius 2 is 2.14 bits per heavy atom. The van der Waals surface area contributed by atoms with Gasteiger partial charge in [0.1, 0.15) is 0 Å². The average molecular weight is 303 g/mol. The van der Waals surface area contributed by atoms with Crippen molar-refractivity contribution in [2.24, 2.45) is 0 Å². The second kappa shape index (κ2) is 4.16. The molecule has 1 aromatic heterocycles. The van der Waals surface area contributed by atoms with E-state index in [-0.39, 0.29) is 5.76 Å². The molecule has 0 atom stereocenters. The first-order valence-corrected chi connectivity index (χ1v) is 6.00. The van der Waals surface area contributed by atoms with Gasteiger partial charge in [-0.05, 0) is 18.6 Å². The lowest BCUT2D eigenvalue weighted by molar-refractivity contribution is 0.504. The minimum atomic E-state index is -0.254. The third-order valence-corrected chi connectivity index (χ3v) is 2.85. The Kier molecular flexibility index (Phi) is 2.90. The number of hydrogen-bond donors (Lipinski definition) is 0. The first kappa shape index (κ1) is 9.76. The van der Waals surface area contributed by atoms with Gasteiger partial charge in [0.05, 0.1) is 5.52 Å². The molecule has 0 saturated carbocycles. The summed E-state index contributed by atoms with van der Waals surface area (Å²) in [5.74, 6) is -0.254. The number of oxazole rings is 1. The van der Waals surface area contributed by atoms with Crippen molar-refractivity contribution in [2.75, 3.05) is 4.43 Å². The van der Waals surface area contributed by atoms with E-state index in [1.807, 2.05) is 24.3 Å². The minimum absolute atomic E-state index is 0.254. The summed E-state index contributed by atoms with van der Waals surface area (Å²) in [6, 6.07) is 7.51. The van der Waals surface area contributed by atoms with Crippen LogP contribution in [0.5, 0.6) is 0 Å². The van der Waals surface area contributed by atoms with E-state index in [0.717, 1.165) is 22.9 Å². The fraction of sp³-hybridized carbons (Fsp3) is 0.300. The van der Waals surface area contributed by atoms with Gasteiger partial charge in [-0.25, -0.2) is 4.79 Å². The van der Waals surface area contributed by atoms with Crippen LogP contribution in [0.1, 0.15) is 6.42 Å². The van der Waals surface area contributed by atoms with E-state index < -0.39 is 0 Å². The van der Waals surface area contributed by atoms with Crippen molar-refractivity contribution in [2.45, 2.75) is 13.0 Å². The van der Waals surface area contributed by atoms with E-state index in [1.54, 1.807) is 4.57 Å². The van der Waals surface area contributed by atoms with E-state index in [0.29, 0.717) is 5.58 Å². The van der Waals surface area contributed by atoms with Crippen molar-refractivity contribution >= 4 is 33.7 Å². The Morgan fingerprint density at radius 3 is 2.93 bits per heavy atom. The largest absolute Gasteiger partial charge is 0.419 e. The summed E-state index contributed by atoms with van der Waals surface area (Å²) in [6.07, 6.45) is 0.990. The van der Waals surface area contributed by atoms with Gasteiger partial charge in [-0.1, -0.05) is 34.7 Å². The maximum atomic E-state index is 11.4. The number of alkyl halides is 1. The van der Waals surface area contributed by atoms with Crippen molar-refractivity contribution in [1.82, 2.24) is 4.57 Å². The molecule has 0 unspecified atom stereocenters. The normalized spacial score (nSPS) is 10.9. The molecule has 0 aliphatic heterocycles. The van der Waals surface area contributed by atoms with E-state index in [9.17, 15) is 4.79 Å². The monoisotopic (exact) mass is 303 g/mol. The summed E-state index contributed by atoms with van der Waals surface area (Å²) in [5, 5.41) is 0. The highest BCUT2D eigenvalue weighted by Crippen LogP contribution is 2.11. The summed E-state index contributed by atoms with van der Waals surface area (Å²) in [5.41, 5.74) is 1.56. The zero-order valence-electron chi connectivity index (χ0n) is 7.57. The van der Waals surface area contributed by atoms with Crippen molar-refractivity contribution in [3.05, 3.63) is 34.8 Å². The predicted molar refractivity (Wildman–Crippen MR) is 64.0 cm³/mol. The summed E-state index contributed by atoms with van der Waals surface area (Å²) in [4.78, 5) is 11.4. The van der Waals surface area contributed by atoms with Gasteiger partial charge in [0.15, 0.2) is 5.58 Å². The number of aromatic nitrogens is 1. The van der Waals surface area contributed by atoms with Crippen LogP contribution in [-0.4, -0.2) is 8.99 Å². The van der Waals surface area contributed by atoms with Crippen molar-refractivity contribution in [3.8, 4) is 0 Å². The highest BCUT2D eigenvalue weighted by atomic mass is 127. The second-order valence-corrected chi connectivity index (χ2v) is 4.11. The maximum absolute atomic E-state index is 11.4. The van der Waals surface area contributed by atoms with Gasteiger partial charge in [0, 0.05) is 11.0 Å². The molecule has 0 radical (unpaired) electrons. The number of hydrogen-bond acceptors (Lipinski definition) is 2. The van der Waals surface area contributed by atoms with Crippen LogP contribution in [0.3, 0.4) is 0 Å². The van der Waals surface area contributed by atoms with E-state index in [4.69, 9.17) is 4.42 Å². The third-order valence-electron chi connectivity index (χ3n) is 2.09. The molecule has 4 heteroatoms. The quantitative estimate of drug-likeness (QED) is 0.645. The van der Waals surface area contributed by atoms with Gasteiger partial charge in [-0.2, -0.15) is 0 Å². The maximum Gasteiger partial charge on any atom is 0.419 e. The van der Waals surface area contributed by atoms with Crippen LogP contribution in [-0.2, 0) is 6.54 Å². The van der Waals surface area contributed by atoms with Crippen LogP contribution in [0.4, 0.5) is 0 Å². The molecule has 3 nitrogen and oxygen atoms in total. The number of rotatable bonds is 3. The van der Waals surface area contributed by atoms with Crippen LogP contribution in [0.15, 0.2) is 33.5 Å². The Bertz CT molecular complexity index is 486. The van der Waals surface area contributed by atoms with Crippen LogP contribution < -0.4 is 5.76 Å². The smallest absolute Gasteiger partial charge is 0.408 e. The molecule has 2 aromatic rings. The first-order valence-electron chi connectivity index (χ1n) is 4.47. The summed E-state index contributed by atoms with van der Waals surface area (Å²) in [6.45, 7) is 0.735. The Labute approximate surface area is 94.9 Å². The van der Waals surface area contributed by atoms with Crippen LogP contribution in [0, 0.1) is 0 Å². The summed E-state index contributed by atoms with van der Waals surface area (Å²) >= 11 is 2.30. The lowest BCUT2D eigenvalue weighted by Crippen LogP contribution is -2.14.